The van der Waals surface area contributed by atoms with Gasteiger partial charge in [0.2, 0.25) is 0 Å². The molecule has 1 aromatic rings. The molecule has 0 aliphatic rings. The second-order valence-corrected chi connectivity index (χ2v) is 6.78. The number of aliphatic hydroxyl groups is 1. The van der Waals surface area contributed by atoms with Crippen molar-refractivity contribution < 1.29 is 42.1 Å². The topological polar surface area (TPSA) is 82.1 Å². The third-order valence-electron chi connectivity index (χ3n) is 3.44. The molecule has 1 unspecified atom stereocenters. The van der Waals surface area contributed by atoms with Crippen LogP contribution in [-0.2, 0) is 19.1 Å². The molecular weight excluding hydrogens is 393 g/mol. The van der Waals surface area contributed by atoms with Gasteiger partial charge in [-0.1, -0.05) is 24.3 Å². The van der Waals surface area contributed by atoms with E-state index in [2.05, 4.69) is 4.74 Å². The van der Waals surface area contributed by atoms with Gasteiger partial charge in [-0.05, 0) is 51.8 Å². The van der Waals surface area contributed by atoms with Gasteiger partial charge in [0.1, 0.15) is 5.75 Å². The van der Waals surface area contributed by atoms with Crippen LogP contribution in [0.2, 0.25) is 0 Å². The molecule has 0 aliphatic heterocycles. The lowest BCUT2D eigenvalue weighted by molar-refractivity contribution is -0.274. The summed E-state index contributed by atoms with van der Waals surface area (Å²) in [5.41, 5.74) is 0.537. The van der Waals surface area contributed by atoms with E-state index in [1.165, 1.54) is 24.3 Å². The number of benzene rings is 1. The number of allylic oxidation sites excluding steroid dienone is 1. The number of hydrogen-bond donors (Lipinski definition) is 1. The number of halogens is 3. The van der Waals surface area contributed by atoms with Gasteiger partial charge in [-0.2, -0.15) is 0 Å². The molecule has 9 heteroatoms. The van der Waals surface area contributed by atoms with Crippen LogP contribution < -0.4 is 4.74 Å². The van der Waals surface area contributed by atoms with E-state index in [1.807, 2.05) is 0 Å². The number of hydrogen-bond acceptors (Lipinski definition) is 6. The minimum Gasteiger partial charge on any atom is -0.463 e. The van der Waals surface area contributed by atoms with Crippen molar-refractivity contribution in [3.8, 4) is 5.75 Å². The van der Waals surface area contributed by atoms with Gasteiger partial charge >= 0.3 is 18.3 Å². The van der Waals surface area contributed by atoms with Crippen molar-refractivity contribution in [2.24, 2.45) is 5.92 Å². The highest BCUT2D eigenvalue weighted by molar-refractivity contribution is 5.84. The van der Waals surface area contributed by atoms with Crippen LogP contribution in [0.1, 0.15) is 39.7 Å². The van der Waals surface area contributed by atoms with Crippen molar-refractivity contribution >= 4 is 18.0 Å². The highest BCUT2D eigenvalue weighted by Gasteiger charge is 2.34. The Morgan fingerprint density at radius 3 is 2.00 bits per heavy atom. The lowest BCUT2D eigenvalue weighted by Gasteiger charge is -2.21. The van der Waals surface area contributed by atoms with E-state index in [0.29, 0.717) is 5.56 Å². The molecular formula is C20H25F3O6. The lowest BCUT2D eigenvalue weighted by atomic mass is 9.97. The fourth-order valence-electron chi connectivity index (χ4n) is 2.27. The zero-order valence-electron chi connectivity index (χ0n) is 16.6. The molecule has 0 saturated heterocycles. The van der Waals surface area contributed by atoms with Gasteiger partial charge in [0.05, 0.1) is 18.1 Å². The van der Waals surface area contributed by atoms with Gasteiger partial charge < -0.3 is 19.3 Å². The largest absolute Gasteiger partial charge is 0.573 e. The third kappa shape index (κ3) is 9.47. The van der Waals surface area contributed by atoms with E-state index in [0.717, 1.165) is 12.1 Å². The first kappa shape index (κ1) is 24.5. The molecule has 1 rings (SSSR count). The predicted molar refractivity (Wildman–Crippen MR) is 98.7 cm³/mol. The predicted octanol–water partition coefficient (Wildman–Crippen LogP) is 3.87. The molecule has 0 radical (unpaired) electrons. The Bertz CT molecular complexity index is 695. The van der Waals surface area contributed by atoms with Crippen molar-refractivity contribution in [1.29, 1.82) is 0 Å². The summed E-state index contributed by atoms with van der Waals surface area (Å²) in [5.74, 6) is -3.24. The Morgan fingerprint density at radius 2 is 1.52 bits per heavy atom. The van der Waals surface area contributed by atoms with Crippen LogP contribution >= 0.6 is 0 Å². The van der Waals surface area contributed by atoms with Crippen LogP contribution in [0, 0.1) is 5.92 Å². The van der Waals surface area contributed by atoms with E-state index in [9.17, 15) is 27.9 Å². The number of alkyl halides is 3. The normalized spacial score (nSPS) is 14.1. The molecule has 6 nitrogen and oxygen atoms in total. The average molecular weight is 418 g/mol. The molecule has 0 heterocycles. The Morgan fingerprint density at radius 1 is 1.00 bits per heavy atom. The van der Waals surface area contributed by atoms with Gasteiger partial charge in [0, 0.05) is 0 Å². The summed E-state index contributed by atoms with van der Waals surface area (Å²) in [6.45, 7) is 6.48. The summed E-state index contributed by atoms with van der Waals surface area (Å²) in [5, 5.41) is 10.2. The minimum atomic E-state index is -4.78. The van der Waals surface area contributed by atoms with E-state index in [1.54, 1.807) is 27.7 Å². The highest BCUT2D eigenvalue weighted by atomic mass is 19.4. The first-order valence-electron chi connectivity index (χ1n) is 9.00. The molecule has 1 aromatic carbocycles. The number of carbonyl (C=O) groups excluding carboxylic acids is 2. The summed E-state index contributed by atoms with van der Waals surface area (Å²) in [6, 6.07) is 5.07. The third-order valence-corrected chi connectivity index (χ3v) is 3.44. The number of ether oxygens (including phenoxy) is 3. The number of rotatable bonds is 9. The van der Waals surface area contributed by atoms with Crippen molar-refractivity contribution in [3.05, 3.63) is 35.9 Å². The molecule has 29 heavy (non-hydrogen) atoms. The van der Waals surface area contributed by atoms with Crippen molar-refractivity contribution in [2.45, 2.75) is 58.8 Å². The van der Waals surface area contributed by atoms with E-state index in [-0.39, 0.29) is 12.2 Å². The van der Waals surface area contributed by atoms with Gasteiger partial charge in [0.15, 0.2) is 6.10 Å². The summed E-state index contributed by atoms with van der Waals surface area (Å²) in [6.07, 6.45) is -4.39. The number of carbonyl (C=O) groups is 2. The highest BCUT2D eigenvalue weighted by Crippen LogP contribution is 2.23. The SMILES string of the molecule is CC(C)OC(=O)C(C/C=C/c1ccc(OC(F)(F)F)cc1)[C@H](O)C(=O)OC(C)C. The fourth-order valence-corrected chi connectivity index (χ4v) is 2.27. The van der Waals surface area contributed by atoms with Crippen LogP contribution in [0.15, 0.2) is 30.3 Å². The second-order valence-electron chi connectivity index (χ2n) is 6.78. The maximum atomic E-state index is 12.3. The van der Waals surface area contributed by atoms with Crippen LogP contribution in [-0.4, -0.2) is 41.7 Å². The lowest BCUT2D eigenvalue weighted by Crippen LogP contribution is -2.38. The van der Waals surface area contributed by atoms with Gasteiger partial charge in [-0.15, -0.1) is 13.2 Å². The molecule has 0 bridgehead atoms. The Labute approximate surface area is 167 Å². The van der Waals surface area contributed by atoms with E-state index < -0.39 is 42.5 Å². The average Bonchev–Trinajstić information content (AvgIpc) is 2.57. The van der Waals surface area contributed by atoms with Crippen molar-refractivity contribution in [1.82, 2.24) is 0 Å². The number of aliphatic hydroxyl groups excluding tert-OH is 1. The van der Waals surface area contributed by atoms with Crippen LogP contribution in [0.3, 0.4) is 0 Å². The summed E-state index contributed by atoms with van der Waals surface area (Å²) in [4.78, 5) is 24.2. The first-order valence-corrected chi connectivity index (χ1v) is 9.00. The number of esters is 2. The molecule has 162 valence electrons. The van der Waals surface area contributed by atoms with Gasteiger partial charge in [0.25, 0.3) is 0 Å². The Hall–Kier alpha value is -2.55. The van der Waals surface area contributed by atoms with Gasteiger partial charge in [-0.25, -0.2) is 4.79 Å². The summed E-state index contributed by atoms with van der Waals surface area (Å²) in [7, 11) is 0. The first-order chi connectivity index (χ1) is 13.4. The Balaban J connectivity index is 2.85. The Kier molecular flexibility index (Phi) is 9.16. The maximum absolute atomic E-state index is 12.3. The van der Waals surface area contributed by atoms with Crippen LogP contribution in [0.5, 0.6) is 5.75 Å². The quantitative estimate of drug-likeness (QED) is 0.613. The smallest absolute Gasteiger partial charge is 0.463 e. The van der Waals surface area contributed by atoms with Crippen molar-refractivity contribution in [3.63, 3.8) is 0 Å². The van der Waals surface area contributed by atoms with Crippen LogP contribution in [0.4, 0.5) is 13.2 Å². The molecule has 0 saturated carbocycles. The van der Waals surface area contributed by atoms with Gasteiger partial charge in [-0.3, -0.25) is 4.79 Å². The maximum Gasteiger partial charge on any atom is 0.573 e. The zero-order valence-corrected chi connectivity index (χ0v) is 16.6. The van der Waals surface area contributed by atoms with E-state index in [4.69, 9.17) is 9.47 Å². The van der Waals surface area contributed by atoms with E-state index >= 15 is 0 Å². The second kappa shape index (κ2) is 10.8. The fraction of sp³-hybridized carbons (Fsp3) is 0.500. The molecule has 0 aliphatic carbocycles. The summed E-state index contributed by atoms with van der Waals surface area (Å²) < 4.78 is 50.4. The molecule has 1 N–H and O–H groups in total. The monoisotopic (exact) mass is 418 g/mol. The standard InChI is InChI=1S/C20H25F3O6/c1-12(2)27-18(25)16(17(24)19(26)28-13(3)4)7-5-6-14-8-10-15(11-9-14)29-20(21,22)23/h5-6,8-13,16-17,24H,7H2,1-4H3/b6-5+/t16?,17-/m0/s1. The molecule has 0 amide bonds. The molecule has 0 fully saturated rings. The molecule has 0 aromatic heterocycles. The molecule has 0 spiro atoms. The minimum absolute atomic E-state index is 0.0410. The van der Waals surface area contributed by atoms with Crippen molar-refractivity contribution in [2.75, 3.05) is 0 Å². The molecule has 2 atom stereocenters. The summed E-state index contributed by atoms with van der Waals surface area (Å²) >= 11 is 0. The zero-order chi connectivity index (χ0) is 22.2. The van der Waals surface area contributed by atoms with Crippen LogP contribution in [0.25, 0.3) is 6.08 Å².